The Morgan fingerprint density at radius 1 is 1.40 bits per heavy atom. The summed E-state index contributed by atoms with van der Waals surface area (Å²) in [5, 5.41) is 25.1. The van der Waals surface area contributed by atoms with E-state index in [1.165, 1.54) is 10.4 Å². The zero-order chi connectivity index (χ0) is 21.9. The van der Waals surface area contributed by atoms with Crippen molar-refractivity contribution in [2.24, 2.45) is 0 Å². The van der Waals surface area contributed by atoms with E-state index in [9.17, 15) is 23.8 Å². The number of unbranched alkanes of at least 4 members (excludes halogenated alkanes) is 1. The molecule has 0 spiro atoms. The molecule has 0 N–H and O–H groups in total. The molecule has 0 saturated carbocycles. The number of nitriles is 1. The number of nitro groups is 1. The van der Waals surface area contributed by atoms with Crippen LogP contribution in [0.1, 0.15) is 26.2 Å². The lowest BCUT2D eigenvalue weighted by atomic mass is 9.89. The second-order valence-corrected chi connectivity index (χ2v) is 9.36. The Morgan fingerprint density at radius 2 is 2.13 bits per heavy atom. The van der Waals surface area contributed by atoms with Gasteiger partial charge in [0.1, 0.15) is 5.54 Å². The van der Waals surface area contributed by atoms with Gasteiger partial charge in [-0.2, -0.15) is 14.7 Å². The lowest BCUT2D eigenvalue weighted by molar-refractivity contribution is -0.385. The molecule has 3 rings (SSSR count). The van der Waals surface area contributed by atoms with E-state index in [0.29, 0.717) is 17.7 Å². The molecule has 160 valence electrons. The van der Waals surface area contributed by atoms with Gasteiger partial charge in [-0.25, -0.2) is 8.42 Å². The highest BCUT2D eigenvalue weighted by Crippen LogP contribution is 2.40. The van der Waals surface area contributed by atoms with Gasteiger partial charge in [-0.15, -0.1) is 0 Å². The molecule has 10 nitrogen and oxygen atoms in total. The molecule has 1 saturated heterocycles. The number of para-hydroxylation sites is 1. The highest BCUT2D eigenvalue weighted by atomic mass is 32.2. The predicted molar refractivity (Wildman–Crippen MR) is 109 cm³/mol. The van der Waals surface area contributed by atoms with Crippen LogP contribution in [-0.2, 0) is 15.6 Å². The second-order valence-electron chi connectivity index (χ2n) is 7.38. The first-order valence-electron chi connectivity index (χ1n) is 9.49. The number of ether oxygens (including phenoxy) is 1. The maximum atomic E-state index is 11.8. The number of nitrogens with zero attached hydrogens (tertiary/aromatic N) is 5. The Bertz CT molecular complexity index is 1080. The van der Waals surface area contributed by atoms with Crippen molar-refractivity contribution in [3.63, 3.8) is 0 Å². The normalized spacial score (nSPS) is 15.9. The molecule has 0 unspecified atom stereocenters. The molecule has 2 heterocycles. The van der Waals surface area contributed by atoms with Gasteiger partial charge in [0.2, 0.25) is 15.8 Å². The van der Waals surface area contributed by atoms with Crippen LogP contribution in [0, 0.1) is 21.4 Å². The fourth-order valence-electron chi connectivity index (χ4n) is 3.42. The molecule has 1 aliphatic rings. The summed E-state index contributed by atoms with van der Waals surface area (Å²) in [5.74, 6) is 0.177. The standard InChI is InChI=1S/C19H23N5O5S/c1-3-4-10-29-18-16(6-5-7-17(18)24(25)26)15-11-21-23(12-15)19(8-9-20)13-22(14-19)30(2,27)28/h5-7,11-12H,3-4,8,10,13-14H2,1-2H3. The minimum Gasteiger partial charge on any atom is -0.486 e. The van der Waals surface area contributed by atoms with Crippen LogP contribution in [0.3, 0.4) is 0 Å². The van der Waals surface area contributed by atoms with Crippen molar-refractivity contribution in [3.8, 4) is 22.9 Å². The quantitative estimate of drug-likeness (QED) is 0.337. The third-order valence-corrected chi connectivity index (χ3v) is 6.33. The molecule has 1 aromatic heterocycles. The van der Waals surface area contributed by atoms with Crippen molar-refractivity contribution in [1.82, 2.24) is 14.1 Å². The first kappa shape index (κ1) is 21.7. The lowest BCUT2D eigenvalue weighted by Gasteiger charge is -2.47. The monoisotopic (exact) mass is 433 g/mol. The summed E-state index contributed by atoms with van der Waals surface area (Å²) in [5.41, 5.74) is 0.230. The zero-order valence-corrected chi connectivity index (χ0v) is 17.6. The molecule has 11 heteroatoms. The van der Waals surface area contributed by atoms with Gasteiger partial charge in [-0.1, -0.05) is 25.5 Å². The first-order valence-corrected chi connectivity index (χ1v) is 11.3. The average molecular weight is 433 g/mol. The lowest BCUT2D eigenvalue weighted by Crippen LogP contribution is -2.63. The van der Waals surface area contributed by atoms with Gasteiger partial charge in [0, 0.05) is 36.5 Å². The van der Waals surface area contributed by atoms with Crippen molar-refractivity contribution < 1.29 is 18.1 Å². The number of hydrogen-bond donors (Lipinski definition) is 0. The van der Waals surface area contributed by atoms with Crippen LogP contribution in [0.2, 0.25) is 0 Å². The van der Waals surface area contributed by atoms with E-state index >= 15 is 0 Å². The predicted octanol–water partition coefficient (Wildman–Crippen LogP) is 2.52. The Kier molecular flexibility index (Phi) is 6.09. The van der Waals surface area contributed by atoms with E-state index in [0.717, 1.165) is 19.1 Å². The molecule has 0 atom stereocenters. The second kappa shape index (κ2) is 8.41. The largest absolute Gasteiger partial charge is 0.486 e. The van der Waals surface area contributed by atoms with Crippen molar-refractivity contribution in [2.75, 3.05) is 26.0 Å². The third kappa shape index (κ3) is 4.15. The van der Waals surface area contributed by atoms with Gasteiger partial charge in [-0.05, 0) is 6.42 Å². The Hall–Kier alpha value is -2.97. The van der Waals surface area contributed by atoms with Gasteiger partial charge >= 0.3 is 5.69 Å². The van der Waals surface area contributed by atoms with Gasteiger partial charge < -0.3 is 4.74 Å². The van der Waals surface area contributed by atoms with E-state index in [1.54, 1.807) is 29.2 Å². The van der Waals surface area contributed by atoms with Gasteiger partial charge in [0.25, 0.3) is 0 Å². The maximum absolute atomic E-state index is 11.8. The first-order chi connectivity index (χ1) is 14.2. The molecule has 0 radical (unpaired) electrons. The van der Waals surface area contributed by atoms with Gasteiger partial charge in [-0.3, -0.25) is 14.8 Å². The van der Waals surface area contributed by atoms with E-state index in [-0.39, 0.29) is 30.9 Å². The zero-order valence-electron chi connectivity index (χ0n) is 16.8. The van der Waals surface area contributed by atoms with Crippen LogP contribution < -0.4 is 4.74 Å². The molecule has 0 bridgehead atoms. The molecular formula is C19H23N5O5S. The van der Waals surface area contributed by atoms with Gasteiger partial charge in [0.05, 0.1) is 36.5 Å². The van der Waals surface area contributed by atoms with E-state index in [1.807, 2.05) is 6.92 Å². The van der Waals surface area contributed by atoms with Crippen molar-refractivity contribution >= 4 is 15.7 Å². The highest BCUT2D eigenvalue weighted by Gasteiger charge is 2.49. The third-order valence-electron chi connectivity index (χ3n) is 5.13. The van der Waals surface area contributed by atoms with E-state index in [2.05, 4.69) is 11.2 Å². The smallest absolute Gasteiger partial charge is 0.311 e. The molecule has 30 heavy (non-hydrogen) atoms. The number of nitro benzene ring substituents is 1. The van der Waals surface area contributed by atoms with Crippen LogP contribution in [0.5, 0.6) is 5.75 Å². The van der Waals surface area contributed by atoms with Crippen LogP contribution in [0.15, 0.2) is 30.6 Å². The fraction of sp³-hybridized carbons (Fsp3) is 0.474. The highest BCUT2D eigenvalue weighted by molar-refractivity contribution is 7.88. The Balaban J connectivity index is 1.97. The number of benzene rings is 1. The summed E-state index contributed by atoms with van der Waals surface area (Å²) in [6.07, 6.45) is 6.10. The average Bonchev–Trinajstić information content (AvgIpc) is 3.13. The molecule has 0 aliphatic carbocycles. The minimum atomic E-state index is -3.36. The van der Waals surface area contributed by atoms with Crippen LogP contribution in [0.25, 0.3) is 11.1 Å². The summed E-state index contributed by atoms with van der Waals surface area (Å²) in [6, 6.07) is 6.79. The van der Waals surface area contributed by atoms with Crippen LogP contribution in [0.4, 0.5) is 5.69 Å². The van der Waals surface area contributed by atoms with E-state index in [4.69, 9.17) is 4.74 Å². The molecular weight excluding hydrogens is 410 g/mol. The number of sulfonamides is 1. The van der Waals surface area contributed by atoms with Crippen molar-refractivity contribution in [1.29, 1.82) is 5.26 Å². The summed E-state index contributed by atoms with van der Waals surface area (Å²) in [6.45, 7) is 2.65. The van der Waals surface area contributed by atoms with Gasteiger partial charge in [0.15, 0.2) is 0 Å². The van der Waals surface area contributed by atoms with E-state index < -0.39 is 20.5 Å². The molecule has 1 fully saturated rings. The van der Waals surface area contributed by atoms with Crippen molar-refractivity contribution in [2.45, 2.75) is 31.7 Å². The van der Waals surface area contributed by atoms with Crippen LogP contribution in [-0.4, -0.2) is 53.4 Å². The molecule has 0 amide bonds. The minimum absolute atomic E-state index is 0.0922. The topological polar surface area (TPSA) is 131 Å². The van der Waals surface area contributed by atoms with Crippen molar-refractivity contribution in [3.05, 3.63) is 40.7 Å². The Labute approximate surface area is 174 Å². The molecule has 1 aromatic carbocycles. The van der Waals surface area contributed by atoms with Crippen LogP contribution >= 0.6 is 0 Å². The Morgan fingerprint density at radius 3 is 2.73 bits per heavy atom. The number of hydrogen-bond acceptors (Lipinski definition) is 7. The SMILES string of the molecule is CCCCOc1c(-c2cnn(C3(CC#N)CN(S(C)(=O)=O)C3)c2)cccc1[N+](=O)[O-]. The fourth-order valence-corrected chi connectivity index (χ4v) is 4.37. The summed E-state index contributed by atoms with van der Waals surface area (Å²) in [4.78, 5) is 11.0. The maximum Gasteiger partial charge on any atom is 0.311 e. The summed E-state index contributed by atoms with van der Waals surface area (Å²) < 4.78 is 32.2. The summed E-state index contributed by atoms with van der Waals surface area (Å²) >= 11 is 0. The number of aromatic nitrogens is 2. The summed E-state index contributed by atoms with van der Waals surface area (Å²) in [7, 11) is -3.36. The molecule has 1 aliphatic heterocycles. The number of rotatable bonds is 9. The molecule has 2 aromatic rings.